The number of rotatable bonds is 4. The molecule has 1 N–H and O–H groups in total. The Morgan fingerprint density at radius 2 is 2.03 bits per heavy atom. The van der Waals surface area contributed by atoms with Gasteiger partial charge < -0.3 is 10.2 Å². The summed E-state index contributed by atoms with van der Waals surface area (Å²) < 4.78 is 1.06. The molecule has 0 atom stereocenters. The third-order valence-electron chi connectivity index (χ3n) is 4.55. The van der Waals surface area contributed by atoms with Crippen LogP contribution in [-0.4, -0.2) is 36.1 Å². The first-order valence-corrected chi connectivity index (χ1v) is 11.0. The Kier molecular flexibility index (Phi) is 9.59. The van der Waals surface area contributed by atoms with E-state index in [4.69, 9.17) is 16.9 Å². The fourth-order valence-corrected chi connectivity index (χ4v) is 3.87. The number of anilines is 1. The molecule has 0 unspecified atom stereocenters. The molecule has 0 spiro atoms. The van der Waals surface area contributed by atoms with Gasteiger partial charge in [0.25, 0.3) is 0 Å². The van der Waals surface area contributed by atoms with Crippen LogP contribution in [0.5, 0.6) is 0 Å². The Hall–Kier alpha value is -1.94. The molecule has 1 aromatic heterocycles. The van der Waals surface area contributed by atoms with Crippen LogP contribution in [0.3, 0.4) is 0 Å². The lowest BCUT2D eigenvalue weighted by Gasteiger charge is -2.30. The average Bonchev–Trinajstić information content (AvgIpc) is 2.74. The summed E-state index contributed by atoms with van der Waals surface area (Å²) in [5, 5.41) is 12.6. The maximum Gasteiger partial charge on any atom is 0.140 e. The number of allylic oxidation sites excluding steroid dienone is 1. The molecule has 29 heavy (non-hydrogen) atoms. The number of hydrogen-bond acceptors (Lipinski definition) is 5. The van der Waals surface area contributed by atoms with Gasteiger partial charge in [-0.3, -0.25) is 0 Å². The summed E-state index contributed by atoms with van der Waals surface area (Å²) >= 11 is 9.41. The summed E-state index contributed by atoms with van der Waals surface area (Å²) in [7, 11) is 0. The zero-order valence-corrected chi connectivity index (χ0v) is 19.5. The van der Waals surface area contributed by atoms with Gasteiger partial charge in [-0.25, -0.2) is 9.97 Å². The van der Waals surface area contributed by atoms with Gasteiger partial charge in [-0.15, -0.1) is 0 Å². The predicted octanol–water partition coefficient (Wildman–Crippen LogP) is 5.11. The second kappa shape index (κ2) is 11.9. The van der Waals surface area contributed by atoms with Gasteiger partial charge in [-0.1, -0.05) is 47.0 Å². The highest BCUT2D eigenvalue weighted by atomic mass is 79.9. The number of aromatic nitrogens is 2. The largest absolute Gasteiger partial charge is 0.353 e. The third kappa shape index (κ3) is 6.81. The molecule has 0 saturated carbocycles. The van der Waals surface area contributed by atoms with E-state index in [1.165, 1.54) is 0 Å². The molecule has 5 nitrogen and oxygen atoms in total. The van der Waals surface area contributed by atoms with Gasteiger partial charge >= 0.3 is 0 Å². The van der Waals surface area contributed by atoms with E-state index in [0.29, 0.717) is 10.6 Å². The van der Waals surface area contributed by atoms with Gasteiger partial charge in [0.15, 0.2) is 0 Å². The van der Waals surface area contributed by atoms with Crippen molar-refractivity contribution in [2.24, 2.45) is 0 Å². The second-order valence-corrected chi connectivity index (χ2v) is 8.03. The van der Waals surface area contributed by atoms with Crippen molar-refractivity contribution < 1.29 is 0 Å². The van der Waals surface area contributed by atoms with Crippen molar-refractivity contribution >= 4 is 37.8 Å². The lowest BCUT2D eigenvalue weighted by molar-refractivity contribution is 0.584. The van der Waals surface area contributed by atoms with Crippen molar-refractivity contribution in [1.29, 1.82) is 5.26 Å². The number of benzene rings is 1. The summed E-state index contributed by atoms with van der Waals surface area (Å²) in [6.07, 6.45) is 5.74. The molecule has 0 bridgehead atoms. The van der Waals surface area contributed by atoms with Crippen LogP contribution in [0.1, 0.15) is 42.7 Å². The molecule has 1 saturated heterocycles. The molecule has 1 aliphatic heterocycles. The highest BCUT2D eigenvalue weighted by Crippen LogP contribution is 2.31. The first-order chi connectivity index (χ1) is 14.0. The van der Waals surface area contributed by atoms with Crippen LogP contribution in [0.15, 0.2) is 30.6 Å². The molecular weight excluding hydrogens is 450 g/mol. The minimum atomic E-state index is 0.644. The molecule has 7 heteroatoms. The fraction of sp³-hybridized carbons (Fsp3) is 0.409. The first kappa shape index (κ1) is 23.3. The van der Waals surface area contributed by atoms with Crippen molar-refractivity contribution in [3.63, 3.8) is 0 Å². The van der Waals surface area contributed by atoms with E-state index >= 15 is 0 Å². The predicted molar refractivity (Wildman–Crippen MR) is 125 cm³/mol. The van der Waals surface area contributed by atoms with E-state index in [2.05, 4.69) is 49.1 Å². The average molecular weight is 477 g/mol. The Morgan fingerprint density at radius 1 is 1.31 bits per heavy atom. The quantitative estimate of drug-likeness (QED) is 0.664. The molecular formula is C22H27BrClN5. The number of halogens is 2. The monoisotopic (exact) mass is 475 g/mol. The van der Waals surface area contributed by atoms with E-state index in [1.54, 1.807) is 12.4 Å². The zero-order chi connectivity index (χ0) is 21.2. The Balaban J connectivity index is 0.000000221. The summed E-state index contributed by atoms with van der Waals surface area (Å²) in [5.41, 5.74) is 3.91. The van der Waals surface area contributed by atoms with Crippen LogP contribution < -0.4 is 10.2 Å². The number of hydrogen-bond donors (Lipinski definition) is 1. The maximum absolute atomic E-state index is 8.65. The molecule has 2 aromatic rings. The topological polar surface area (TPSA) is 64.8 Å². The van der Waals surface area contributed by atoms with Crippen LogP contribution in [0.2, 0.25) is 5.02 Å². The number of piperazine rings is 1. The van der Waals surface area contributed by atoms with Gasteiger partial charge in [0.2, 0.25) is 0 Å². The molecule has 1 aliphatic rings. The molecule has 1 fully saturated rings. The minimum absolute atomic E-state index is 0.644. The molecule has 0 radical (unpaired) electrons. The van der Waals surface area contributed by atoms with E-state index < -0.39 is 0 Å². The lowest BCUT2D eigenvalue weighted by Crippen LogP contribution is -2.44. The smallest absolute Gasteiger partial charge is 0.140 e. The highest BCUT2D eigenvalue weighted by molar-refractivity contribution is 9.15. The van der Waals surface area contributed by atoms with Crippen LogP contribution >= 0.6 is 27.5 Å². The first-order valence-electron chi connectivity index (χ1n) is 9.79. The Morgan fingerprint density at radius 3 is 2.66 bits per heavy atom. The van der Waals surface area contributed by atoms with Gasteiger partial charge in [0, 0.05) is 35.7 Å². The highest BCUT2D eigenvalue weighted by Gasteiger charge is 2.18. The van der Waals surface area contributed by atoms with Gasteiger partial charge in [0.1, 0.15) is 12.1 Å². The molecule has 2 heterocycles. The van der Waals surface area contributed by atoms with Crippen LogP contribution in [-0.2, 0) is 6.42 Å². The normalized spacial score (nSPS) is 14.1. The molecule has 0 amide bonds. The number of nitrogens with one attached hydrogen (secondary N) is 1. The maximum atomic E-state index is 8.65. The molecule has 154 valence electrons. The van der Waals surface area contributed by atoms with Gasteiger partial charge in [-0.05, 0) is 44.0 Å². The zero-order valence-electron chi connectivity index (χ0n) is 17.2. The lowest BCUT2D eigenvalue weighted by atomic mass is 10.1. The summed E-state index contributed by atoms with van der Waals surface area (Å²) in [4.78, 5) is 11.0. The molecule has 0 aliphatic carbocycles. The number of aryl methyl sites for hydroxylation is 2. The van der Waals surface area contributed by atoms with E-state index in [-0.39, 0.29) is 0 Å². The second-order valence-electron chi connectivity index (χ2n) is 6.74. The van der Waals surface area contributed by atoms with Crippen molar-refractivity contribution in [3.05, 3.63) is 58.0 Å². The van der Waals surface area contributed by atoms with Gasteiger partial charge in [0.05, 0.1) is 22.9 Å². The standard InChI is InChI=1S/C12H17BrN4.C10H10ClN/c1-3-10(13)11-9(2)15-8-16-12(11)17-6-4-14-5-7-17;1-2-3-8-4-9(7-12)6-10(11)5-8/h3,8,14H,4-7H2,1-2H3;4-6H,2-3H2,1H3/b10-3+;. The SMILES string of the molecule is C/C=C(/Br)c1c(C)ncnc1N1CCNCC1.CCCc1cc(Cl)cc(C#N)c1. The summed E-state index contributed by atoms with van der Waals surface area (Å²) in [6.45, 7) is 10.1. The molecule has 1 aromatic carbocycles. The van der Waals surface area contributed by atoms with E-state index in [9.17, 15) is 0 Å². The third-order valence-corrected chi connectivity index (χ3v) is 5.62. The van der Waals surface area contributed by atoms with Gasteiger partial charge in [-0.2, -0.15) is 5.26 Å². The minimum Gasteiger partial charge on any atom is -0.353 e. The van der Waals surface area contributed by atoms with Crippen molar-refractivity contribution in [3.8, 4) is 6.07 Å². The van der Waals surface area contributed by atoms with Crippen molar-refractivity contribution in [2.45, 2.75) is 33.6 Å². The van der Waals surface area contributed by atoms with Crippen molar-refractivity contribution in [2.75, 3.05) is 31.1 Å². The summed E-state index contributed by atoms with van der Waals surface area (Å²) in [5.74, 6) is 1.03. The number of nitrogens with zero attached hydrogens (tertiary/aromatic N) is 4. The number of nitriles is 1. The van der Waals surface area contributed by atoms with Crippen molar-refractivity contribution in [1.82, 2.24) is 15.3 Å². The van der Waals surface area contributed by atoms with Crippen LogP contribution in [0.25, 0.3) is 4.48 Å². The van der Waals surface area contributed by atoms with Crippen LogP contribution in [0, 0.1) is 18.3 Å². The summed E-state index contributed by atoms with van der Waals surface area (Å²) in [6, 6.07) is 7.56. The van der Waals surface area contributed by atoms with E-state index in [0.717, 1.165) is 66.1 Å². The van der Waals surface area contributed by atoms with E-state index in [1.807, 2.05) is 32.1 Å². The van der Waals surface area contributed by atoms with Crippen LogP contribution in [0.4, 0.5) is 5.82 Å². The Labute approximate surface area is 186 Å². The Bertz CT molecular complexity index is 885. The fourth-order valence-electron chi connectivity index (χ4n) is 3.15. The molecule has 3 rings (SSSR count).